The summed E-state index contributed by atoms with van der Waals surface area (Å²) in [6, 6.07) is 27.4. The fourth-order valence-electron chi connectivity index (χ4n) is 9.06. The zero-order valence-electron chi connectivity index (χ0n) is 43.2. The summed E-state index contributed by atoms with van der Waals surface area (Å²) in [6.07, 6.45) is -6.45. The molecule has 0 aliphatic carbocycles. The van der Waals surface area contributed by atoms with Crippen molar-refractivity contribution in [3.63, 3.8) is 0 Å². The van der Waals surface area contributed by atoms with E-state index in [1.54, 1.807) is 21.1 Å². The standard InChI is InChI=1S/C51H64N6O16P2/c1-32(2)57(33(3)4)74(69-27-13-25-52)72-45-44(65-8)47(55-26-24-42(58)53-49(55)60)71-48(45)67-31-75(62,66-9)73-40-28-43(56-29-34(5)46(59)54-50(56)61)70-41(40)30-68-51(35-14-11-10-12-15-35,36-16-20-38(63-6)21-17-36)37-18-22-39(64-7)23-19-37/h10-12,14-24,26,29,32-33,40-41,43-45,47-48H,13,27-28,30-31H2,1-9H3,(H,53,58,60)(H,54,59,61)/t40-,41+,43+,44+,45-,47+,48-,74?,75?/m0/s1. The molecule has 404 valence electrons. The number of aromatic amines is 2. The molecule has 75 heavy (non-hydrogen) atoms. The third-order valence-electron chi connectivity index (χ3n) is 12.7. The van der Waals surface area contributed by atoms with Gasteiger partial charge in [0.25, 0.3) is 19.6 Å². The van der Waals surface area contributed by atoms with Crippen LogP contribution in [0.25, 0.3) is 0 Å². The third kappa shape index (κ3) is 13.0. The Hall–Kier alpha value is -5.63. The van der Waals surface area contributed by atoms with Crippen LogP contribution in [0.2, 0.25) is 0 Å². The lowest BCUT2D eigenvalue weighted by molar-refractivity contribution is -0.167. The highest BCUT2D eigenvalue weighted by atomic mass is 31.2. The Balaban J connectivity index is 1.25. The summed E-state index contributed by atoms with van der Waals surface area (Å²) in [5.74, 6) is 1.23. The minimum Gasteiger partial charge on any atom is -0.497 e. The van der Waals surface area contributed by atoms with Crippen molar-refractivity contribution < 1.29 is 55.8 Å². The van der Waals surface area contributed by atoms with Gasteiger partial charge in [-0.15, -0.1) is 0 Å². The molecule has 0 radical (unpaired) electrons. The molecule has 3 aromatic carbocycles. The molecule has 2 saturated heterocycles. The Labute approximate surface area is 434 Å². The lowest BCUT2D eigenvalue weighted by Crippen LogP contribution is -2.41. The molecule has 4 heterocycles. The maximum absolute atomic E-state index is 15.1. The molecule has 5 aromatic rings. The largest absolute Gasteiger partial charge is 0.497 e. The number of benzene rings is 3. The highest BCUT2D eigenvalue weighted by molar-refractivity contribution is 7.53. The molecule has 2 unspecified atom stereocenters. The van der Waals surface area contributed by atoms with Crippen LogP contribution < -0.4 is 32.0 Å². The molecule has 0 spiro atoms. The molecule has 9 atom stereocenters. The average molecular weight is 1080 g/mol. The van der Waals surface area contributed by atoms with E-state index in [0.717, 1.165) is 16.2 Å². The summed E-state index contributed by atoms with van der Waals surface area (Å²) in [6.45, 7) is 9.16. The number of aryl methyl sites for hydroxylation is 1. The van der Waals surface area contributed by atoms with Gasteiger partial charge >= 0.3 is 19.0 Å². The van der Waals surface area contributed by atoms with Gasteiger partial charge in [0.2, 0.25) is 0 Å². The van der Waals surface area contributed by atoms with E-state index >= 15 is 4.57 Å². The summed E-state index contributed by atoms with van der Waals surface area (Å²) in [7, 11) is -0.677. The van der Waals surface area contributed by atoms with Crippen molar-refractivity contribution in [1.29, 1.82) is 5.26 Å². The molecular weight excluding hydrogens is 1010 g/mol. The minimum absolute atomic E-state index is 0.0250. The van der Waals surface area contributed by atoms with Crippen molar-refractivity contribution in [3.05, 3.63) is 161 Å². The zero-order valence-corrected chi connectivity index (χ0v) is 45.0. The first-order chi connectivity index (χ1) is 36.0. The quantitative estimate of drug-likeness (QED) is 0.0362. The van der Waals surface area contributed by atoms with Crippen LogP contribution in [0.5, 0.6) is 11.5 Å². The number of H-pyrrole nitrogens is 2. The summed E-state index contributed by atoms with van der Waals surface area (Å²) < 4.78 is 88.1. The van der Waals surface area contributed by atoms with E-state index in [-0.39, 0.29) is 43.7 Å². The Bertz CT molecular complexity index is 2940. The number of ether oxygens (including phenoxy) is 7. The molecule has 24 heteroatoms. The molecule has 0 amide bonds. The van der Waals surface area contributed by atoms with E-state index in [4.69, 9.17) is 51.3 Å². The predicted octanol–water partition coefficient (Wildman–Crippen LogP) is 6.44. The first-order valence-electron chi connectivity index (χ1n) is 24.1. The van der Waals surface area contributed by atoms with Crippen molar-refractivity contribution >= 4 is 16.1 Å². The number of hydrogen-bond acceptors (Lipinski definition) is 18. The summed E-state index contributed by atoms with van der Waals surface area (Å²) in [5.41, 5.74) is -1.70. The lowest BCUT2D eigenvalue weighted by Gasteiger charge is -2.38. The van der Waals surface area contributed by atoms with Gasteiger partial charge in [-0.25, -0.2) is 14.3 Å². The molecule has 2 N–H and O–H groups in total. The van der Waals surface area contributed by atoms with Crippen LogP contribution in [0.1, 0.15) is 75.2 Å². The van der Waals surface area contributed by atoms with E-state index in [0.29, 0.717) is 22.6 Å². The number of rotatable bonds is 25. The SMILES string of the molecule is COc1ccc(C(OC[C@H]2O[C@@H](n3cc(C)c(=O)[nH]c3=O)C[C@@H]2OP(=O)(CO[C@H]2O[C@@H](n3ccc(=O)[nH]c3=O)[C@H](OC)[C@@H]2OP(OCCC#N)N(C(C)C)C(C)C)OC)(c2ccccc2)c2ccc(OC)cc2)cc1. The van der Waals surface area contributed by atoms with Crippen molar-refractivity contribution in [2.75, 3.05) is 48.0 Å². The van der Waals surface area contributed by atoms with Gasteiger partial charge in [0.05, 0.1) is 39.9 Å². The van der Waals surface area contributed by atoms with Gasteiger partial charge in [-0.1, -0.05) is 54.6 Å². The Morgan fingerprint density at radius 2 is 1.44 bits per heavy atom. The Kier molecular flexibility index (Phi) is 19.4. The van der Waals surface area contributed by atoms with Crippen molar-refractivity contribution in [2.45, 2.75) is 108 Å². The third-order valence-corrected chi connectivity index (χ3v) is 16.4. The van der Waals surface area contributed by atoms with E-state index in [9.17, 15) is 24.4 Å². The topological polar surface area (TPSA) is 255 Å². The monoisotopic (exact) mass is 1080 g/mol. The van der Waals surface area contributed by atoms with Gasteiger partial charge in [-0.3, -0.25) is 33.3 Å². The van der Waals surface area contributed by atoms with Crippen molar-refractivity contribution in [2.24, 2.45) is 0 Å². The molecule has 2 aliphatic heterocycles. The van der Waals surface area contributed by atoms with Gasteiger partial charge in [-0.2, -0.15) is 5.26 Å². The highest BCUT2D eigenvalue weighted by Crippen LogP contribution is 2.55. The molecule has 0 saturated carbocycles. The zero-order chi connectivity index (χ0) is 54.0. The van der Waals surface area contributed by atoms with Crippen molar-refractivity contribution in [1.82, 2.24) is 23.8 Å². The second kappa shape index (κ2) is 25.5. The normalized spacial score (nSPS) is 22.1. The summed E-state index contributed by atoms with van der Waals surface area (Å²) >= 11 is 0. The van der Waals surface area contributed by atoms with E-state index in [1.165, 1.54) is 31.2 Å². The van der Waals surface area contributed by atoms with Crippen LogP contribution >= 0.6 is 16.1 Å². The number of nitrogens with one attached hydrogen (secondary N) is 2. The van der Waals surface area contributed by atoms with Gasteiger partial charge < -0.3 is 51.3 Å². The van der Waals surface area contributed by atoms with E-state index < -0.39 is 93.7 Å². The maximum atomic E-state index is 15.1. The van der Waals surface area contributed by atoms with Gasteiger partial charge in [0.1, 0.15) is 47.7 Å². The fourth-order valence-corrected chi connectivity index (χ4v) is 12.0. The van der Waals surface area contributed by atoms with Crippen molar-refractivity contribution in [3.8, 4) is 17.6 Å². The first-order valence-corrected chi connectivity index (χ1v) is 27.0. The molecular formula is C51H64N6O16P2. The van der Waals surface area contributed by atoms with Crippen LogP contribution in [0.4, 0.5) is 0 Å². The van der Waals surface area contributed by atoms with Crippen LogP contribution in [0, 0.1) is 18.3 Å². The van der Waals surface area contributed by atoms with Crippen LogP contribution in [0.15, 0.2) is 117 Å². The second-order valence-corrected chi connectivity index (χ2v) is 21.6. The number of nitrogens with zero attached hydrogens (tertiary/aromatic N) is 4. The van der Waals surface area contributed by atoms with Crippen LogP contribution in [-0.2, 0) is 51.9 Å². The number of methoxy groups -OCH3 is 3. The molecule has 0 bridgehead atoms. The molecule has 2 aromatic heterocycles. The number of hydrogen-bond donors (Lipinski definition) is 2. The van der Waals surface area contributed by atoms with Crippen LogP contribution in [0.3, 0.4) is 0 Å². The first kappa shape index (κ1) is 57.1. The summed E-state index contributed by atoms with van der Waals surface area (Å²) in [4.78, 5) is 55.9. The Morgan fingerprint density at radius 1 is 0.827 bits per heavy atom. The predicted molar refractivity (Wildman–Crippen MR) is 274 cm³/mol. The smallest absolute Gasteiger partial charge is 0.356 e. The van der Waals surface area contributed by atoms with Gasteiger partial charge in [0, 0.05) is 56.7 Å². The van der Waals surface area contributed by atoms with E-state index in [2.05, 4.69) is 16.0 Å². The molecule has 22 nitrogen and oxygen atoms in total. The summed E-state index contributed by atoms with van der Waals surface area (Å²) in [5, 5.41) is 9.39. The molecule has 2 aliphatic rings. The van der Waals surface area contributed by atoms with E-state index in [1.807, 2.05) is 111 Å². The van der Waals surface area contributed by atoms with Gasteiger partial charge in [-0.05, 0) is 75.6 Å². The van der Waals surface area contributed by atoms with Gasteiger partial charge in [0.15, 0.2) is 18.9 Å². The fraction of sp³-hybridized carbons (Fsp3) is 0.471. The number of nitriles is 1. The highest BCUT2D eigenvalue weighted by Gasteiger charge is 2.52. The minimum atomic E-state index is -4.41. The Morgan fingerprint density at radius 3 is 2.00 bits per heavy atom. The maximum Gasteiger partial charge on any atom is 0.356 e. The lowest BCUT2D eigenvalue weighted by atomic mass is 9.80. The van der Waals surface area contributed by atoms with Crippen LogP contribution in [-0.4, -0.2) is 115 Å². The second-order valence-electron chi connectivity index (χ2n) is 18.1. The molecule has 2 fully saturated rings. The number of aromatic nitrogens is 4. The molecule has 7 rings (SSSR count). The average Bonchev–Trinajstić information content (AvgIpc) is 3.97.